The lowest BCUT2D eigenvalue weighted by molar-refractivity contribution is 0.108. The van der Waals surface area contributed by atoms with Crippen LogP contribution in [0.3, 0.4) is 0 Å². The van der Waals surface area contributed by atoms with E-state index >= 15 is 0 Å². The summed E-state index contributed by atoms with van der Waals surface area (Å²) in [6, 6.07) is 5.77. The van der Waals surface area contributed by atoms with Gasteiger partial charge in [-0.3, -0.25) is 4.79 Å². The highest BCUT2D eigenvalue weighted by atomic mass is 35.5. The van der Waals surface area contributed by atoms with E-state index in [0.717, 1.165) is 0 Å². The summed E-state index contributed by atoms with van der Waals surface area (Å²) < 4.78 is 0. The molecule has 1 rings (SSSR count). The smallest absolute Gasteiger partial charge is 0.252 e. The van der Waals surface area contributed by atoms with Crippen molar-refractivity contribution in [2.24, 2.45) is 5.18 Å². The number of halogens is 1. The summed E-state index contributed by atoms with van der Waals surface area (Å²) in [4.78, 5) is 20.4. The Morgan fingerprint density at radius 2 is 1.69 bits per heavy atom. The average Bonchev–Trinajstić information content (AvgIpc) is 2.21. The molecule has 3 nitrogen and oxygen atoms in total. The number of carbonyl (C=O) groups excluding carboxylic acids is 1. The summed E-state index contributed by atoms with van der Waals surface area (Å²) in [5, 5.41) is 2.13. The van der Waals surface area contributed by atoms with Crippen LogP contribution in [0.1, 0.15) is 24.2 Å². The van der Waals surface area contributed by atoms with Crippen LogP contribution in [-0.4, -0.2) is 5.24 Å². The van der Waals surface area contributed by atoms with Gasteiger partial charge >= 0.3 is 0 Å². The fraction of sp³-hybridized carbons (Fsp3) is 0.222. The molecule has 0 heterocycles. The van der Waals surface area contributed by atoms with Gasteiger partial charge in [0.1, 0.15) is 5.69 Å². The van der Waals surface area contributed by atoms with Gasteiger partial charge in [-0.1, -0.05) is 13.8 Å². The normalized spacial score (nSPS) is 8.23. The van der Waals surface area contributed by atoms with Gasteiger partial charge in [0.15, 0.2) is 0 Å². The molecule has 0 N–H and O–H groups in total. The van der Waals surface area contributed by atoms with Crippen molar-refractivity contribution in [3.05, 3.63) is 34.7 Å². The Bertz CT molecular complexity index is 282. The third-order valence-electron chi connectivity index (χ3n) is 1.20. The van der Waals surface area contributed by atoms with E-state index in [1.807, 2.05) is 13.8 Å². The first-order chi connectivity index (χ1) is 6.24. The summed E-state index contributed by atoms with van der Waals surface area (Å²) in [6.07, 6.45) is 0. The first-order valence-electron chi connectivity index (χ1n) is 3.87. The molecule has 0 atom stereocenters. The van der Waals surface area contributed by atoms with Crippen molar-refractivity contribution in [2.75, 3.05) is 0 Å². The molecule has 1 aromatic carbocycles. The quantitative estimate of drug-likeness (QED) is 0.541. The Balaban J connectivity index is 0.000000671. The van der Waals surface area contributed by atoms with E-state index in [-0.39, 0.29) is 5.69 Å². The van der Waals surface area contributed by atoms with E-state index in [4.69, 9.17) is 11.6 Å². The van der Waals surface area contributed by atoms with Gasteiger partial charge < -0.3 is 0 Å². The molecule has 70 valence electrons. The van der Waals surface area contributed by atoms with Crippen LogP contribution in [0, 0.1) is 4.91 Å². The Morgan fingerprint density at radius 1 is 1.23 bits per heavy atom. The predicted octanol–water partition coefficient (Wildman–Crippen LogP) is 3.49. The van der Waals surface area contributed by atoms with Gasteiger partial charge in [0.25, 0.3) is 5.24 Å². The molecule has 0 aliphatic rings. The molecular formula is C9H10ClNO2. The molecule has 0 aromatic heterocycles. The van der Waals surface area contributed by atoms with Gasteiger partial charge in [-0.05, 0) is 41.0 Å². The number of benzene rings is 1. The predicted molar refractivity (Wildman–Crippen MR) is 53.4 cm³/mol. The van der Waals surface area contributed by atoms with E-state index in [2.05, 4.69) is 5.18 Å². The molecule has 4 heteroatoms. The largest absolute Gasteiger partial charge is 0.276 e. The zero-order chi connectivity index (χ0) is 10.3. The van der Waals surface area contributed by atoms with Crippen molar-refractivity contribution in [2.45, 2.75) is 13.8 Å². The van der Waals surface area contributed by atoms with Crippen molar-refractivity contribution >= 4 is 22.5 Å². The number of rotatable bonds is 2. The van der Waals surface area contributed by atoms with E-state index < -0.39 is 5.24 Å². The number of hydrogen-bond acceptors (Lipinski definition) is 3. The van der Waals surface area contributed by atoms with Crippen LogP contribution in [0.2, 0.25) is 0 Å². The van der Waals surface area contributed by atoms with Crippen LogP contribution in [-0.2, 0) is 0 Å². The van der Waals surface area contributed by atoms with Crippen molar-refractivity contribution in [1.82, 2.24) is 0 Å². The highest BCUT2D eigenvalue weighted by Crippen LogP contribution is 2.13. The lowest BCUT2D eigenvalue weighted by Gasteiger charge is -1.91. The minimum absolute atomic E-state index is 0.284. The molecular weight excluding hydrogens is 190 g/mol. The number of carbonyl (C=O) groups is 1. The van der Waals surface area contributed by atoms with Crippen molar-refractivity contribution in [3.8, 4) is 0 Å². The maximum absolute atomic E-state index is 10.5. The first-order valence-corrected chi connectivity index (χ1v) is 4.25. The lowest BCUT2D eigenvalue weighted by atomic mass is 10.2. The number of hydrogen-bond donors (Lipinski definition) is 0. The molecule has 0 saturated heterocycles. The molecule has 0 amide bonds. The van der Waals surface area contributed by atoms with Crippen LogP contribution < -0.4 is 0 Å². The number of nitroso groups, excluding NO2 is 1. The van der Waals surface area contributed by atoms with Gasteiger partial charge in [-0.25, -0.2) is 0 Å². The van der Waals surface area contributed by atoms with Crippen LogP contribution >= 0.6 is 11.6 Å². The monoisotopic (exact) mass is 199 g/mol. The van der Waals surface area contributed by atoms with Crippen LogP contribution in [0.4, 0.5) is 5.69 Å². The maximum Gasteiger partial charge on any atom is 0.252 e. The summed E-state index contributed by atoms with van der Waals surface area (Å²) in [5.41, 5.74) is 0.644. The first kappa shape index (κ1) is 11.8. The molecule has 0 aliphatic carbocycles. The van der Waals surface area contributed by atoms with Crippen LogP contribution in [0.25, 0.3) is 0 Å². The Hall–Kier alpha value is -1.22. The Labute approximate surface area is 81.7 Å². The van der Waals surface area contributed by atoms with Gasteiger partial charge in [0, 0.05) is 5.56 Å². The molecule has 0 unspecified atom stereocenters. The zero-order valence-electron chi connectivity index (χ0n) is 7.45. The summed E-state index contributed by atoms with van der Waals surface area (Å²) >= 11 is 5.15. The van der Waals surface area contributed by atoms with Crippen molar-refractivity contribution in [3.63, 3.8) is 0 Å². The fourth-order valence-electron chi connectivity index (χ4n) is 0.653. The van der Waals surface area contributed by atoms with Crippen LogP contribution in [0.5, 0.6) is 0 Å². The summed E-state index contributed by atoms with van der Waals surface area (Å²) in [5.74, 6) is 0. The van der Waals surface area contributed by atoms with E-state index in [1.165, 1.54) is 24.3 Å². The van der Waals surface area contributed by atoms with Crippen molar-refractivity contribution < 1.29 is 4.79 Å². The minimum Gasteiger partial charge on any atom is -0.276 e. The second kappa shape index (κ2) is 6.31. The second-order valence-electron chi connectivity index (χ2n) is 1.91. The SMILES string of the molecule is CC.O=Nc1ccc(C(=O)Cl)cc1. The molecule has 0 radical (unpaired) electrons. The third-order valence-corrected chi connectivity index (χ3v) is 1.42. The zero-order valence-corrected chi connectivity index (χ0v) is 8.21. The molecule has 13 heavy (non-hydrogen) atoms. The van der Waals surface area contributed by atoms with Gasteiger partial charge in [0.05, 0.1) is 0 Å². The van der Waals surface area contributed by atoms with E-state index in [0.29, 0.717) is 5.56 Å². The molecule has 1 aromatic rings. The fourth-order valence-corrected chi connectivity index (χ4v) is 0.779. The second-order valence-corrected chi connectivity index (χ2v) is 2.26. The number of nitrogens with zero attached hydrogens (tertiary/aromatic N) is 1. The topological polar surface area (TPSA) is 46.5 Å². The highest BCUT2D eigenvalue weighted by molar-refractivity contribution is 6.67. The average molecular weight is 200 g/mol. The minimum atomic E-state index is -0.539. The highest BCUT2D eigenvalue weighted by Gasteiger charge is 1.99. The standard InChI is InChI=1S/C7H4ClNO2.C2H6/c8-7(10)5-1-3-6(9-11)4-2-5;1-2/h1-4H;1-2H3. The molecule has 0 saturated carbocycles. The third kappa shape index (κ3) is 3.80. The van der Waals surface area contributed by atoms with Gasteiger partial charge in [-0.2, -0.15) is 0 Å². The summed E-state index contributed by atoms with van der Waals surface area (Å²) in [7, 11) is 0. The van der Waals surface area contributed by atoms with Gasteiger partial charge in [0.2, 0.25) is 0 Å². The Kier molecular flexibility index (Phi) is 5.72. The maximum atomic E-state index is 10.5. The molecule has 0 spiro atoms. The Morgan fingerprint density at radius 3 is 2.00 bits per heavy atom. The summed E-state index contributed by atoms with van der Waals surface area (Å²) in [6.45, 7) is 4.00. The van der Waals surface area contributed by atoms with Crippen molar-refractivity contribution in [1.29, 1.82) is 0 Å². The van der Waals surface area contributed by atoms with Crippen LogP contribution in [0.15, 0.2) is 29.4 Å². The molecule has 0 aliphatic heterocycles. The van der Waals surface area contributed by atoms with E-state index in [9.17, 15) is 9.70 Å². The van der Waals surface area contributed by atoms with E-state index in [1.54, 1.807) is 0 Å². The molecule has 0 bridgehead atoms. The van der Waals surface area contributed by atoms with Gasteiger partial charge in [-0.15, -0.1) is 4.91 Å². The molecule has 0 fully saturated rings. The lowest BCUT2D eigenvalue weighted by Crippen LogP contribution is -1.85.